The molecular formula is C30H40F6N2O4. The molecule has 2 heterocycles. The van der Waals surface area contributed by atoms with E-state index in [9.17, 15) is 35.9 Å². The molecule has 0 aliphatic heterocycles. The lowest BCUT2D eigenvalue weighted by Crippen LogP contribution is -2.24. The molecule has 0 saturated heterocycles. The zero-order valence-electron chi connectivity index (χ0n) is 24.5. The van der Waals surface area contributed by atoms with Crippen LogP contribution in [0.5, 0.6) is 0 Å². The first-order chi connectivity index (χ1) is 19.7. The van der Waals surface area contributed by atoms with Gasteiger partial charge >= 0.3 is 24.3 Å². The van der Waals surface area contributed by atoms with E-state index in [2.05, 4.69) is 0 Å². The third-order valence-electron chi connectivity index (χ3n) is 8.54. The van der Waals surface area contributed by atoms with Crippen molar-refractivity contribution in [3.8, 4) is 0 Å². The van der Waals surface area contributed by atoms with Crippen LogP contribution in [0.25, 0.3) is 0 Å². The number of ether oxygens (including phenoxy) is 2. The number of carbonyl (C=O) groups excluding carboxylic acids is 2. The van der Waals surface area contributed by atoms with Gasteiger partial charge in [0.2, 0.25) is 0 Å². The Morgan fingerprint density at radius 1 is 0.786 bits per heavy atom. The van der Waals surface area contributed by atoms with Crippen molar-refractivity contribution in [2.24, 2.45) is 11.8 Å². The molecule has 2 aliphatic carbocycles. The molecule has 0 N–H and O–H groups in total. The van der Waals surface area contributed by atoms with Crippen molar-refractivity contribution in [3.63, 3.8) is 0 Å². The topological polar surface area (TPSA) is 62.5 Å². The van der Waals surface area contributed by atoms with Crippen molar-refractivity contribution in [2.75, 3.05) is 14.2 Å². The van der Waals surface area contributed by atoms with Crippen molar-refractivity contribution < 1.29 is 45.4 Å². The van der Waals surface area contributed by atoms with Crippen molar-refractivity contribution in [3.05, 3.63) is 47.0 Å². The molecule has 0 spiro atoms. The Labute approximate surface area is 242 Å². The maximum absolute atomic E-state index is 12.9. The van der Waals surface area contributed by atoms with Crippen LogP contribution in [0.15, 0.2) is 24.7 Å². The zero-order valence-corrected chi connectivity index (χ0v) is 24.5. The number of hydrogen-bond donors (Lipinski definition) is 0. The van der Waals surface area contributed by atoms with Gasteiger partial charge in [-0.25, -0.2) is 9.59 Å². The molecule has 4 rings (SSSR count). The highest BCUT2D eigenvalue weighted by atomic mass is 19.4. The van der Waals surface area contributed by atoms with Gasteiger partial charge in [0, 0.05) is 24.3 Å². The first-order valence-corrected chi connectivity index (χ1v) is 14.3. The van der Waals surface area contributed by atoms with Crippen molar-refractivity contribution >= 4 is 11.9 Å². The average molecular weight is 607 g/mol. The summed E-state index contributed by atoms with van der Waals surface area (Å²) in [4.78, 5) is 23.9. The molecule has 2 aliphatic rings. The number of esters is 2. The van der Waals surface area contributed by atoms with Crippen LogP contribution in [-0.4, -0.2) is 35.3 Å². The lowest BCUT2D eigenvalue weighted by molar-refractivity contribution is -0.146. The van der Waals surface area contributed by atoms with Gasteiger partial charge in [-0.1, -0.05) is 51.4 Å². The summed E-state index contributed by atoms with van der Waals surface area (Å²) in [6.07, 6.45) is 4.63. The Bertz CT molecular complexity index is 1180. The number of carbonyl (C=O) groups is 2. The van der Waals surface area contributed by atoms with Gasteiger partial charge in [-0.15, -0.1) is 0 Å². The second-order valence-electron chi connectivity index (χ2n) is 11.4. The Hall–Kier alpha value is -2.92. The van der Waals surface area contributed by atoms with Gasteiger partial charge in [-0.2, -0.15) is 26.3 Å². The third kappa shape index (κ3) is 8.34. The van der Waals surface area contributed by atoms with Gasteiger partial charge in [-0.05, 0) is 50.2 Å². The number of alkyl halides is 6. The van der Waals surface area contributed by atoms with E-state index in [0.29, 0.717) is 24.7 Å². The van der Waals surface area contributed by atoms with Gasteiger partial charge in [0.25, 0.3) is 0 Å². The Kier molecular flexibility index (Phi) is 11.2. The lowest BCUT2D eigenvalue weighted by Gasteiger charge is -2.22. The predicted molar refractivity (Wildman–Crippen MR) is 144 cm³/mol. The number of methoxy groups -OCH3 is 2. The summed E-state index contributed by atoms with van der Waals surface area (Å²) in [6.45, 7) is 2.80. The molecule has 0 amide bonds. The van der Waals surface area contributed by atoms with E-state index in [1.54, 1.807) is 0 Å². The minimum absolute atomic E-state index is 0.0656. The molecule has 0 unspecified atom stereocenters. The highest BCUT2D eigenvalue weighted by molar-refractivity contribution is 5.74. The smallest absolute Gasteiger partial charge is 0.418 e. The molecule has 6 nitrogen and oxygen atoms in total. The Morgan fingerprint density at radius 2 is 1.24 bits per heavy atom. The van der Waals surface area contributed by atoms with E-state index in [0.717, 1.165) is 63.6 Å². The van der Waals surface area contributed by atoms with E-state index < -0.39 is 47.5 Å². The highest BCUT2D eigenvalue weighted by Gasteiger charge is 2.37. The van der Waals surface area contributed by atoms with Crippen LogP contribution in [0.1, 0.15) is 98.7 Å². The molecular weight excluding hydrogens is 566 g/mol. The molecule has 0 bridgehead atoms. The van der Waals surface area contributed by atoms with Crippen molar-refractivity contribution in [1.82, 2.24) is 9.13 Å². The van der Waals surface area contributed by atoms with Crippen LogP contribution in [0.3, 0.4) is 0 Å². The van der Waals surface area contributed by atoms with Crippen LogP contribution in [-0.2, 0) is 31.4 Å². The molecule has 2 atom stereocenters. The van der Waals surface area contributed by atoms with E-state index in [1.165, 1.54) is 49.6 Å². The molecule has 2 aromatic rings. The summed E-state index contributed by atoms with van der Waals surface area (Å²) in [7, 11) is 2.54. The lowest BCUT2D eigenvalue weighted by atomic mass is 9.98. The third-order valence-corrected chi connectivity index (χ3v) is 8.54. The molecule has 0 aromatic carbocycles. The molecule has 0 radical (unpaired) electrons. The summed E-state index contributed by atoms with van der Waals surface area (Å²) < 4.78 is 89.6. The second kappa shape index (κ2) is 14.0. The maximum atomic E-state index is 12.9. The number of halogens is 6. The number of hydrogen-bond acceptors (Lipinski definition) is 4. The summed E-state index contributed by atoms with van der Waals surface area (Å²) in [5, 5.41) is 0. The van der Waals surface area contributed by atoms with Gasteiger partial charge < -0.3 is 18.6 Å². The maximum Gasteiger partial charge on any atom is 0.418 e. The van der Waals surface area contributed by atoms with Gasteiger partial charge in [0.15, 0.2) is 0 Å². The van der Waals surface area contributed by atoms with E-state index >= 15 is 0 Å². The minimum atomic E-state index is -4.40. The predicted octanol–water partition coefficient (Wildman–Crippen LogP) is 8.22. The molecule has 2 saturated carbocycles. The Balaban J connectivity index is 0.000000230. The standard InChI is InChI=1S/2C15H20F3NO2/c1-10-8-19(9-12(10)15(16,17)18)13(14(20)21-2)7-11-5-3-4-6-11;1-10-12(15(16,17)18)7-8-19(10)13(14(20)21-2)9-11-5-3-4-6-11/h8-9,11,13H,3-7H2,1-2H3;7-8,11,13H,3-6,9H2,1-2H3/t2*13-/m00/s1. The first kappa shape index (κ1) is 33.6. The normalized spacial score (nSPS) is 18.0. The molecule has 12 heteroatoms. The zero-order chi connectivity index (χ0) is 31.2. The van der Waals surface area contributed by atoms with E-state index in [4.69, 9.17) is 9.47 Å². The van der Waals surface area contributed by atoms with Crippen LogP contribution >= 0.6 is 0 Å². The van der Waals surface area contributed by atoms with Crippen LogP contribution < -0.4 is 0 Å². The summed E-state index contributed by atoms with van der Waals surface area (Å²) >= 11 is 0. The highest BCUT2D eigenvalue weighted by Crippen LogP contribution is 2.38. The fourth-order valence-corrected chi connectivity index (χ4v) is 6.28. The molecule has 42 heavy (non-hydrogen) atoms. The monoisotopic (exact) mass is 606 g/mol. The number of rotatable bonds is 8. The number of nitrogens with zero attached hydrogens (tertiary/aromatic N) is 2. The molecule has 2 fully saturated rings. The number of aryl methyl sites for hydroxylation is 1. The summed E-state index contributed by atoms with van der Waals surface area (Å²) in [5.74, 6) is -0.198. The summed E-state index contributed by atoms with van der Waals surface area (Å²) in [6, 6.07) is -0.318. The van der Waals surface area contributed by atoms with Crippen molar-refractivity contribution in [2.45, 2.75) is 102 Å². The summed E-state index contributed by atoms with van der Waals surface area (Å²) in [5.41, 5.74) is -1.19. The largest absolute Gasteiger partial charge is 0.467 e. The van der Waals surface area contributed by atoms with Gasteiger partial charge in [0.1, 0.15) is 12.1 Å². The van der Waals surface area contributed by atoms with E-state index in [-0.39, 0.29) is 11.3 Å². The fourth-order valence-electron chi connectivity index (χ4n) is 6.28. The van der Waals surface area contributed by atoms with Gasteiger partial charge in [0.05, 0.1) is 25.3 Å². The second-order valence-corrected chi connectivity index (χ2v) is 11.4. The number of aromatic nitrogens is 2. The first-order valence-electron chi connectivity index (χ1n) is 14.3. The quantitative estimate of drug-likeness (QED) is 0.224. The van der Waals surface area contributed by atoms with E-state index in [1.807, 2.05) is 0 Å². The average Bonchev–Trinajstić information content (AvgIpc) is 3.72. The Morgan fingerprint density at radius 3 is 1.64 bits per heavy atom. The van der Waals surface area contributed by atoms with Crippen molar-refractivity contribution in [1.29, 1.82) is 0 Å². The minimum Gasteiger partial charge on any atom is -0.467 e. The molecule has 2 aromatic heterocycles. The molecule has 236 valence electrons. The van der Waals surface area contributed by atoms with Crippen LogP contribution in [0.2, 0.25) is 0 Å². The van der Waals surface area contributed by atoms with Crippen LogP contribution in [0.4, 0.5) is 26.3 Å². The SMILES string of the molecule is COC(=O)[C@H](CC1CCCC1)n1cc(C)c(C(F)(F)F)c1.COC(=O)[C@H](CC1CCCC1)n1ccc(C(F)(F)F)c1C. The van der Waals surface area contributed by atoms with Crippen LogP contribution in [0, 0.1) is 25.7 Å². The fraction of sp³-hybridized carbons (Fsp3) is 0.667. The van der Waals surface area contributed by atoms with Gasteiger partial charge in [-0.3, -0.25) is 0 Å².